The zero-order chi connectivity index (χ0) is 13.7. The normalized spacial score (nSPS) is 24.1. The van der Waals surface area contributed by atoms with Crippen LogP contribution in [0.25, 0.3) is 0 Å². The Morgan fingerprint density at radius 3 is 2.00 bits per heavy atom. The van der Waals surface area contributed by atoms with Crippen molar-refractivity contribution < 1.29 is 19.1 Å². The lowest BCUT2D eigenvalue weighted by atomic mass is 9.94. The molecule has 1 fully saturated rings. The molecule has 0 aromatic heterocycles. The highest BCUT2D eigenvalue weighted by Crippen LogP contribution is 2.25. The van der Waals surface area contributed by atoms with E-state index in [9.17, 15) is 9.59 Å². The van der Waals surface area contributed by atoms with Crippen molar-refractivity contribution in [2.45, 2.75) is 56.6 Å². The molecule has 2 atom stereocenters. The average Bonchev–Trinajstić information content (AvgIpc) is 2.29. The van der Waals surface area contributed by atoms with Gasteiger partial charge in [0, 0.05) is 6.42 Å². The van der Waals surface area contributed by atoms with Crippen LogP contribution in [-0.2, 0) is 19.1 Å². The van der Waals surface area contributed by atoms with Gasteiger partial charge in [-0.3, -0.25) is 4.79 Å². The van der Waals surface area contributed by atoms with Gasteiger partial charge in [0.2, 0.25) is 4.84 Å². The van der Waals surface area contributed by atoms with Crippen LogP contribution in [0.5, 0.6) is 0 Å². The Morgan fingerprint density at radius 2 is 1.56 bits per heavy atom. The summed E-state index contributed by atoms with van der Waals surface area (Å²) in [5.74, 6) is -1.01. The summed E-state index contributed by atoms with van der Waals surface area (Å²) in [6, 6.07) is 0. The highest BCUT2D eigenvalue weighted by Gasteiger charge is 2.29. The van der Waals surface area contributed by atoms with Gasteiger partial charge >= 0.3 is 11.9 Å². The van der Waals surface area contributed by atoms with Gasteiger partial charge in [-0.25, -0.2) is 4.79 Å². The molecule has 0 aromatic carbocycles. The Balaban J connectivity index is 2.41. The largest absolute Gasteiger partial charge is 0.462 e. The summed E-state index contributed by atoms with van der Waals surface area (Å²) >= 11 is 10.8. The van der Waals surface area contributed by atoms with Crippen molar-refractivity contribution in [1.82, 2.24) is 0 Å². The third-order valence-corrected chi connectivity index (χ3v) is 3.15. The molecule has 104 valence electrons. The Labute approximate surface area is 117 Å². The summed E-state index contributed by atoms with van der Waals surface area (Å²) < 4.78 is 10.5. The molecule has 0 aromatic rings. The molecule has 0 spiro atoms. The zero-order valence-electron chi connectivity index (χ0n) is 10.5. The maximum atomic E-state index is 11.5. The first-order valence-electron chi connectivity index (χ1n) is 6.09. The van der Waals surface area contributed by atoms with Crippen molar-refractivity contribution in [2.24, 2.45) is 5.92 Å². The molecular formula is C12H18Cl2O4. The van der Waals surface area contributed by atoms with Gasteiger partial charge in [0.25, 0.3) is 0 Å². The van der Waals surface area contributed by atoms with E-state index in [1.54, 1.807) is 13.8 Å². The van der Waals surface area contributed by atoms with E-state index in [1.165, 1.54) is 0 Å². The second-order valence-electron chi connectivity index (χ2n) is 4.74. The molecule has 6 heteroatoms. The van der Waals surface area contributed by atoms with E-state index in [0.29, 0.717) is 6.42 Å². The van der Waals surface area contributed by atoms with Gasteiger partial charge < -0.3 is 9.47 Å². The van der Waals surface area contributed by atoms with E-state index in [2.05, 4.69) is 0 Å². The quantitative estimate of drug-likeness (QED) is 0.591. The monoisotopic (exact) mass is 296 g/mol. The highest BCUT2D eigenvalue weighted by atomic mass is 35.5. The molecule has 0 saturated heterocycles. The minimum Gasteiger partial charge on any atom is -0.462 e. The first-order valence-corrected chi connectivity index (χ1v) is 6.96. The fourth-order valence-electron chi connectivity index (χ4n) is 1.83. The average molecular weight is 297 g/mol. The van der Waals surface area contributed by atoms with Gasteiger partial charge in [0.1, 0.15) is 12.2 Å². The van der Waals surface area contributed by atoms with E-state index >= 15 is 0 Å². The lowest BCUT2D eigenvalue weighted by Gasteiger charge is -2.29. The molecule has 0 amide bonds. The van der Waals surface area contributed by atoms with E-state index in [4.69, 9.17) is 32.7 Å². The van der Waals surface area contributed by atoms with Crippen molar-refractivity contribution in [3.63, 3.8) is 0 Å². The Hall–Kier alpha value is -0.480. The molecule has 0 N–H and O–H groups in total. The summed E-state index contributed by atoms with van der Waals surface area (Å²) in [6.45, 7) is 3.57. The molecule has 0 bridgehead atoms. The van der Waals surface area contributed by atoms with Crippen LogP contribution >= 0.6 is 23.2 Å². The zero-order valence-corrected chi connectivity index (χ0v) is 12.0. The van der Waals surface area contributed by atoms with Gasteiger partial charge in [0.05, 0.1) is 5.92 Å². The lowest BCUT2D eigenvalue weighted by Crippen LogP contribution is -2.33. The second-order valence-corrected chi connectivity index (χ2v) is 5.84. The molecule has 1 aliphatic rings. The van der Waals surface area contributed by atoms with Crippen LogP contribution < -0.4 is 0 Å². The minimum atomic E-state index is -1.16. The summed E-state index contributed by atoms with van der Waals surface area (Å²) in [5, 5.41) is 0. The van der Waals surface area contributed by atoms with Crippen LogP contribution in [-0.4, -0.2) is 29.0 Å². The third-order valence-electron chi connectivity index (χ3n) is 2.79. The molecule has 4 nitrogen and oxygen atoms in total. The number of rotatable bonds is 4. The van der Waals surface area contributed by atoms with Gasteiger partial charge in [-0.15, -0.1) is 0 Å². The number of esters is 2. The maximum absolute atomic E-state index is 11.5. The minimum absolute atomic E-state index is 0.150. The molecule has 0 unspecified atom stereocenters. The third kappa shape index (κ3) is 5.02. The maximum Gasteiger partial charge on any atom is 0.339 e. The number of alkyl halides is 2. The number of hydrogen-bond donors (Lipinski definition) is 0. The molecule has 1 saturated carbocycles. The topological polar surface area (TPSA) is 52.6 Å². The summed E-state index contributed by atoms with van der Waals surface area (Å²) in [5.41, 5.74) is 0. The summed E-state index contributed by atoms with van der Waals surface area (Å²) in [7, 11) is 0. The van der Waals surface area contributed by atoms with Crippen molar-refractivity contribution >= 4 is 35.1 Å². The molecule has 0 heterocycles. The van der Waals surface area contributed by atoms with E-state index < -0.39 is 10.8 Å². The van der Waals surface area contributed by atoms with Gasteiger partial charge in [-0.05, 0) is 19.3 Å². The molecular weight excluding hydrogens is 279 g/mol. The number of ether oxygens (including phenoxy) is 2. The van der Waals surface area contributed by atoms with Crippen LogP contribution in [0.4, 0.5) is 0 Å². The SMILES string of the molecule is CC(C)C(=O)O[C@H]1CCC[C@@H](OC(=O)C(Cl)Cl)C1. The standard InChI is InChI=1S/C12H18Cl2O4/c1-7(2)11(15)17-8-4-3-5-9(6-8)18-12(16)10(13)14/h7-10H,3-6H2,1-2H3/t8-,9+/m0/s1. The van der Waals surface area contributed by atoms with Gasteiger partial charge in [-0.2, -0.15) is 0 Å². The first kappa shape index (κ1) is 15.6. The molecule has 1 aliphatic carbocycles. The number of hydrogen-bond acceptors (Lipinski definition) is 4. The van der Waals surface area contributed by atoms with Crippen LogP contribution in [0.3, 0.4) is 0 Å². The predicted molar refractivity (Wildman–Crippen MR) is 68.6 cm³/mol. The first-order chi connectivity index (χ1) is 8.40. The van der Waals surface area contributed by atoms with Crippen molar-refractivity contribution in [1.29, 1.82) is 0 Å². The number of halogens is 2. The molecule has 1 rings (SSSR count). The predicted octanol–water partition coefficient (Wildman–Crippen LogP) is 2.84. The Bertz CT molecular complexity index is 276. The van der Waals surface area contributed by atoms with Crippen LogP contribution in [0, 0.1) is 5.92 Å². The number of carbonyl (C=O) groups excluding carboxylic acids is 2. The molecule has 18 heavy (non-hydrogen) atoms. The molecule has 0 radical (unpaired) electrons. The van der Waals surface area contributed by atoms with Crippen molar-refractivity contribution in [3.05, 3.63) is 0 Å². The van der Waals surface area contributed by atoms with Crippen molar-refractivity contribution in [2.75, 3.05) is 0 Å². The van der Waals surface area contributed by atoms with Gasteiger partial charge in [0.15, 0.2) is 0 Å². The fraction of sp³-hybridized carbons (Fsp3) is 0.833. The Morgan fingerprint density at radius 1 is 1.06 bits per heavy atom. The molecule has 0 aliphatic heterocycles. The second kappa shape index (κ2) is 7.19. The Kier molecular flexibility index (Phi) is 6.22. The van der Waals surface area contributed by atoms with Crippen LogP contribution in [0.1, 0.15) is 39.5 Å². The fourth-order valence-corrected chi connectivity index (χ4v) is 1.94. The summed E-state index contributed by atoms with van der Waals surface area (Å²) in [6.07, 6.45) is 2.47. The van der Waals surface area contributed by atoms with Crippen LogP contribution in [0.2, 0.25) is 0 Å². The van der Waals surface area contributed by atoms with Crippen molar-refractivity contribution in [3.8, 4) is 0 Å². The highest BCUT2D eigenvalue weighted by molar-refractivity contribution is 6.52. The van der Waals surface area contributed by atoms with E-state index in [1.807, 2.05) is 0 Å². The van der Waals surface area contributed by atoms with E-state index in [-0.39, 0.29) is 24.1 Å². The number of carbonyl (C=O) groups is 2. The van der Waals surface area contributed by atoms with E-state index in [0.717, 1.165) is 19.3 Å². The summed E-state index contributed by atoms with van der Waals surface area (Å²) in [4.78, 5) is 21.6. The van der Waals surface area contributed by atoms with Crippen LogP contribution in [0.15, 0.2) is 0 Å². The lowest BCUT2D eigenvalue weighted by molar-refractivity contribution is -0.160. The smallest absolute Gasteiger partial charge is 0.339 e. The van der Waals surface area contributed by atoms with Gasteiger partial charge in [-0.1, -0.05) is 37.0 Å².